The summed E-state index contributed by atoms with van der Waals surface area (Å²) in [6.45, 7) is 1.85. The number of carbonyl (C=O) groups excluding carboxylic acids is 1. The van der Waals surface area contributed by atoms with E-state index in [1.165, 1.54) is 12.8 Å². The quantitative estimate of drug-likeness (QED) is 0.627. The summed E-state index contributed by atoms with van der Waals surface area (Å²) in [4.78, 5) is 17.3. The molecule has 2 N–H and O–H groups in total. The molecule has 0 unspecified atom stereocenters. The average molecular weight is 179 g/mol. The van der Waals surface area contributed by atoms with Crippen molar-refractivity contribution in [2.75, 3.05) is 13.1 Å². The number of carbonyl (C=O) groups is 1. The number of nitrogens with two attached hydrogens (primary N) is 1. The van der Waals surface area contributed by atoms with Crippen molar-refractivity contribution in [2.24, 2.45) is 10.7 Å². The van der Waals surface area contributed by atoms with E-state index in [1.807, 2.05) is 0 Å². The Morgan fingerprint density at radius 1 is 1.54 bits per heavy atom. The fourth-order valence-corrected chi connectivity index (χ4v) is 1.73. The van der Waals surface area contributed by atoms with Crippen LogP contribution >= 0.6 is 0 Å². The van der Waals surface area contributed by atoms with E-state index in [1.54, 1.807) is 6.08 Å². The molecule has 1 amide bonds. The lowest BCUT2D eigenvalue weighted by molar-refractivity contribution is -0.114. The van der Waals surface area contributed by atoms with Gasteiger partial charge in [-0.1, -0.05) is 0 Å². The Kier molecular flexibility index (Phi) is 2.04. The SMILES string of the molecule is NC(=O)C1=CCN2CCCCC2=N1. The first-order chi connectivity index (χ1) is 6.27. The Bertz CT molecular complexity index is 293. The van der Waals surface area contributed by atoms with E-state index in [9.17, 15) is 4.79 Å². The lowest BCUT2D eigenvalue weighted by Crippen LogP contribution is -2.38. The molecule has 0 aromatic carbocycles. The fourth-order valence-electron chi connectivity index (χ4n) is 1.73. The van der Waals surface area contributed by atoms with Crippen LogP contribution in [-0.2, 0) is 4.79 Å². The molecule has 2 aliphatic heterocycles. The number of primary amides is 1. The number of rotatable bonds is 1. The van der Waals surface area contributed by atoms with Gasteiger partial charge in [-0.3, -0.25) is 4.79 Å². The largest absolute Gasteiger partial charge is 0.364 e. The van der Waals surface area contributed by atoms with Crippen LogP contribution in [0.4, 0.5) is 0 Å². The number of hydrogen-bond donors (Lipinski definition) is 1. The van der Waals surface area contributed by atoms with Crippen molar-refractivity contribution < 1.29 is 4.79 Å². The summed E-state index contributed by atoms with van der Waals surface area (Å²) in [5.74, 6) is 0.611. The van der Waals surface area contributed by atoms with Gasteiger partial charge in [0, 0.05) is 19.5 Å². The molecule has 1 saturated heterocycles. The predicted molar refractivity (Wildman–Crippen MR) is 50.1 cm³/mol. The molecule has 0 aromatic heterocycles. The Balaban J connectivity index is 2.18. The van der Waals surface area contributed by atoms with Gasteiger partial charge in [0.15, 0.2) is 0 Å². The van der Waals surface area contributed by atoms with Crippen molar-refractivity contribution in [1.29, 1.82) is 0 Å². The number of aliphatic imine (C=N–C) groups is 1. The third-order valence-electron chi connectivity index (χ3n) is 2.45. The maximum Gasteiger partial charge on any atom is 0.267 e. The third-order valence-corrected chi connectivity index (χ3v) is 2.45. The molecule has 0 aliphatic carbocycles. The van der Waals surface area contributed by atoms with E-state index in [2.05, 4.69) is 9.89 Å². The number of amides is 1. The van der Waals surface area contributed by atoms with Crippen molar-refractivity contribution in [3.05, 3.63) is 11.8 Å². The highest BCUT2D eigenvalue weighted by Gasteiger charge is 2.20. The zero-order valence-electron chi connectivity index (χ0n) is 7.49. The van der Waals surface area contributed by atoms with Gasteiger partial charge in [-0.2, -0.15) is 0 Å². The summed E-state index contributed by atoms with van der Waals surface area (Å²) in [5, 5.41) is 0. The van der Waals surface area contributed by atoms with Crippen LogP contribution in [0.15, 0.2) is 16.8 Å². The molecule has 0 saturated carbocycles. The van der Waals surface area contributed by atoms with E-state index in [-0.39, 0.29) is 0 Å². The molecule has 2 heterocycles. The first-order valence-electron chi connectivity index (χ1n) is 4.60. The van der Waals surface area contributed by atoms with Gasteiger partial charge in [0.05, 0.1) is 0 Å². The van der Waals surface area contributed by atoms with Gasteiger partial charge >= 0.3 is 0 Å². The summed E-state index contributed by atoms with van der Waals surface area (Å²) in [5.41, 5.74) is 5.58. The van der Waals surface area contributed by atoms with E-state index in [0.717, 1.165) is 25.3 Å². The molecule has 13 heavy (non-hydrogen) atoms. The predicted octanol–water partition coefficient (Wildman–Crippen LogP) is 0.254. The van der Waals surface area contributed by atoms with Gasteiger partial charge in [0.2, 0.25) is 0 Å². The third kappa shape index (κ3) is 1.56. The lowest BCUT2D eigenvalue weighted by Gasteiger charge is -2.31. The summed E-state index contributed by atoms with van der Waals surface area (Å²) in [7, 11) is 0. The highest BCUT2D eigenvalue weighted by molar-refractivity contribution is 5.97. The molecule has 70 valence electrons. The zero-order chi connectivity index (χ0) is 9.26. The van der Waals surface area contributed by atoms with E-state index in [4.69, 9.17) is 5.73 Å². The Morgan fingerprint density at radius 3 is 3.15 bits per heavy atom. The van der Waals surface area contributed by atoms with E-state index < -0.39 is 5.91 Å². The molecule has 2 rings (SSSR count). The Labute approximate surface area is 77.1 Å². The summed E-state index contributed by atoms with van der Waals surface area (Å²) in [6.07, 6.45) is 5.17. The first-order valence-corrected chi connectivity index (χ1v) is 4.60. The zero-order valence-corrected chi connectivity index (χ0v) is 7.49. The Morgan fingerprint density at radius 2 is 2.38 bits per heavy atom. The molecular weight excluding hydrogens is 166 g/mol. The average Bonchev–Trinajstić information content (AvgIpc) is 2.17. The molecule has 4 nitrogen and oxygen atoms in total. The second-order valence-corrected chi connectivity index (χ2v) is 3.38. The van der Waals surface area contributed by atoms with Crippen LogP contribution in [0, 0.1) is 0 Å². The molecule has 2 aliphatic rings. The topological polar surface area (TPSA) is 58.7 Å². The molecular formula is C9H13N3O. The standard InChI is InChI=1S/C9H13N3O/c10-9(13)7-4-6-12-5-2-1-3-8(12)11-7/h4H,1-3,5-6H2,(H2,10,13). The smallest absolute Gasteiger partial charge is 0.267 e. The highest BCUT2D eigenvalue weighted by Crippen LogP contribution is 2.17. The minimum atomic E-state index is -0.419. The first kappa shape index (κ1) is 8.29. The highest BCUT2D eigenvalue weighted by atomic mass is 16.1. The number of piperidine rings is 1. The van der Waals surface area contributed by atoms with Crippen LogP contribution in [0.2, 0.25) is 0 Å². The minimum Gasteiger partial charge on any atom is -0.364 e. The van der Waals surface area contributed by atoms with Crippen LogP contribution in [0.1, 0.15) is 19.3 Å². The maximum absolute atomic E-state index is 10.9. The molecule has 0 spiro atoms. The van der Waals surface area contributed by atoms with Crippen molar-refractivity contribution in [1.82, 2.24) is 4.90 Å². The maximum atomic E-state index is 10.9. The monoisotopic (exact) mass is 179 g/mol. The molecule has 0 aromatic rings. The van der Waals surface area contributed by atoms with Crippen LogP contribution in [0.25, 0.3) is 0 Å². The van der Waals surface area contributed by atoms with Gasteiger partial charge in [0.1, 0.15) is 11.5 Å². The number of nitrogens with zero attached hydrogens (tertiary/aromatic N) is 2. The lowest BCUT2D eigenvalue weighted by atomic mass is 10.1. The van der Waals surface area contributed by atoms with Gasteiger partial charge in [-0.15, -0.1) is 0 Å². The Hall–Kier alpha value is -1.32. The second-order valence-electron chi connectivity index (χ2n) is 3.38. The number of hydrogen-bond acceptors (Lipinski definition) is 3. The molecule has 0 radical (unpaired) electrons. The molecule has 1 fully saturated rings. The van der Waals surface area contributed by atoms with Gasteiger partial charge in [-0.25, -0.2) is 4.99 Å². The molecule has 4 heteroatoms. The number of fused-ring (bicyclic) bond motifs is 1. The van der Waals surface area contributed by atoms with Crippen LogP contribution < -0.4 is 5.73 Å². The van der Waals surface area contributed by atoms with Crippen molar-refractivity contribution in [3.8, 4) is 0 Å². The van der Waals surface area contributed by atoms with Crippen molar-refractivity contribution in [2.45, 2.75) is 19.3 Å². The minimum absolute atomic E-state index is 0.419. The van der Waals surface area contributed by atoms with Gasteiger partial charge < -0.3 is 10.6 Å². The summed E-state index contributed by atoms with van der Waals surface area (Å²) in [6, 6.07) is 0. The normalized spacial score (nSPS) is 21.7. The summed E-state index contributed by atoms with van der Waals surface area (Å²) < 4.78 is 0. The summed E-state index contributed by atoms with van der Waals surface area (Å²) >= 11 is 0. The van der Waals surface area contributed by atoms with Gasteiger partial charge in [-0.05, 0) is 18.9 Å². The van der Waals surface area contributed by atoms with E-state index in [0.29, 0.717) is 5.70 Å². The number of amidine groups is 1. The fraction of sp³-hybridized carbons (Fsp3) is 0.556. The van der Waals surface area contributed by atoms with E-state index >= 15 is 0 Å². The molecule has 0 atom stereocenters. The van der Waals surface area contributed by atoms with Crippen LogP contribution in [0.5, 0.6) is 0 Å². The van der Waals surface area contributed by atoms with Crippen LogP contribution in [-0.4, -0.2) is 29.7 Å². The van der Waals surface area contributed by atoms with Crippen LogP contribution in [0.3, 0.4) is 0 Å². The van der Waals surface area contributed by atoms with Gasteiger partial charge in [0.25, 0.3) is 5.91 Å². The van der Waals surface area contributed by atoms with Crippen molar-refractivity contribution >= 4 is 11.7 Å². The van der Waals surface area contributed by atoms with Crippen molar-refractivity contribution in [3.63, 3.8) is 0 Å². The second kappa shape index (κ2) is 3.20. The molecule has 0 bridgehead atoms.